The first-order valence-electron chi connectivity index (χ1n) is 6.97. The van der Waals surface area contributed by atoms with E-state index >= 15 is 0 Å². The third-order valence-electron chi connectivity index (χ3n) is 3.29. The van der Waals surface area contributed by atoms with Crippen LogP contribution in [-0.4, -0.2) is 22.2 Å². The Kier molecular flexibility index (Phi) is 4.11. The fraction of sp³-hybridized carbons (Fsp3) is 0.125. The lowest BCUT2D eigenvalue weighted by molar-refractivity contribution is -0.276. The maximum absolute atomic E-state index is 12.1. The van der Waals surface area contributed by atoms with Gasteiger partial charge in [-0.1, -0.05) is 6.07 Å². The average Bonchev–Trinajstić information content (AvgIpc) is 2.99. The van der Waals surface area contributed by atoms with Crippen molar-refractivity contribution in [1.29, 1.82) is 0 Å². The lowest BCUT2D eigenvalue weighted by Gasteiger charge is -2.08. The monoisotopic (exact) mass is 335 g/mol. The highest BCUT2D eigenvalue weighted by Gasteiger charge is 2.31. The molecule has 1 aromatic carbocycles. The summed E-state index contributed by atoms with van der Waals surface area (Å²) in [4.78, 5) is 18.5. The molecule has 8 heteroatoms. The van der Waals surface area contributed by atoms with Crippen LogP contribution in [0.5, 0.6) is 5.88 Å². The van der Waals surface area contributed by atoms with Gasteiger partial charge in [0, 0.05) is 30.5 Å². The lowest BCUT2D eigenvalue weighted by Crippen LogP contribution is -2.23. The van der Waals surface area contributed by atoms with E-state index in [1.165, 1.54) is 6.07 Å². The number of halogens is 3. The number of hydrogen-bond donors (Lipinski definition) is 2. The fourth-order valence-corrected chi connectivity index (χ4v) is 2.19. The van der Waals surface area contributed by atoms with E-state index in [0.717, 1.165) is 28.7 Å². The molecule has 2 heterocycles. The number of hydrogen-bond acceptors (Lipinski definition) is 3. The third kappa shape index (κ3) is 3.83. The molecule has 0 spiro atoms. The van der Waals surface area contributed by atoms with Crippen LogP contribution < -0.4 is 10.1 Å². The van der Waals surface area contributed by atoms with Crippen molar-refractivity contribution in [2.24, 2.45) is 0 Å². The second kappa shape index (κ2) is 6.23. The van der Waals surface area contributed by atoms with Gasteiger partial charge in [-0.3, -0.25) is 4.79 Å². The SMILES string of the molecule is O=C(NCc1ccc2[nH]ccc2c1)c1ccc(OC(F)(F)F)nc1. The number of H-pyrrole nitrogens is 1. The summed E-state index contributed by atoms with van der Waals surface area (Å²) in [5.41, 5.74) is 2.04. The number of carbonyl (C=O) groups excluding carboxylic acids is 1. The van der Waals surface area contributed by atoms with Gasteiger partial charge in [-0.2, -0.15) is 0 Å². The Hall–Kier alpha value is -3.03. The van der Waals surface area contributed by atoms with Crippen molar-refractivity contribution >= 4 is 16.8 Å². The molecule has 0 bridgehead atoms. The van der Waals surface area contributed by atoms with E-state index < -0.39 is 18.1 Å². The van der Waals surface area contributed by atoms with Gasteiger partial charge in [-0.05, 0) is 35.2 Å². The molecule has 0 saturated carbocycles. The Morgan fingerprint density at radius 2 is 2.04 bits per heavy atom. The summed E-state index contributed by atoms with van der Waals surface area (Å²) in [5.74, 6) is -1.05. The van der Waals surface area contributed by atoms with E-state index in [1.807, 2.05) is 30.5 Å². The lowest BCUT2D eigenvalue weighted by atomic mass is 10.1. The quantitative estimate of drug-likeness (QED) is 0.768. The molecule has 24 heavy (non-hydrogen) atoms. The second-order valence-corrected chi connectivity index (χ2v) is 5.01. The van der Waals surface area contributed by atoms with Gasteiger partial charge in [0.2, 0.25) is 5.88 Å². The van der Waals surface area contributed by atoms with Crippen LogP contribution in [0.25, 0.3) is 10.9 Å². The van der Waals surface area contributed by atoms with Crippen molar-refractivity contribution in [1.82, 2.24) is 15.3 Å². The number of aromatic amines is 1. The maximum Gasteiger partial charge on any atom is 0.574 e. The van der Waals surface area contributed by atoms with E-state index in [1.54, 1.807) is 0 Å². The van der Waals surface area contributed by atoms with E-state index in [0.29, 0.717) is 6.54 Å². The normalized spacial score (nSPS) is 11.5. The molecule has 0 aliphatic carbocycles. The Morgan fingerprint density at radius 1 is 1.21 bits per heavy atom. The van der Waals surface area contributed by atoms with Crippen LogP contribution in [0, 0.1) is 0 Å². The molecule has 2 N–H and O–H groups in total. The number of amides is 1. The summed E-state index contributed by atoms with van der Waals surface area (Å²) < 4.78 is 39.8. The smallest absolute Gasteiger partial charge is 0.388 e. The molecular weight excluding hydrogens is 323 g/mol. The number of ether oxygens (including phenoxy) is 1. The third-order valence-corrected chi connectivity index (χ3v) is 3.29. The topological polar surface area (TPSA) is 67.0 Å². The predicted octanol–water partition coefficient (Wildman–Crippen LogP) is 3.39. The average molecular weight is 335 g/mol. The highest BCUT2D eigenvalue weighted by molar-refractivity contribution is 5.93. The van der Waals surface area contributed by atoms with Crippen LogP contribution >= 0.6 is 0 Å². The molecule has 3 rings (SSSR count). The Labute approximate surface area is 134 Å². The highest BCUT2D eigenvalue weighted by atomic mass is 19.4. The molecule has 124 valence electrons. The van der Waals surface area contributed by atoms with E-state index in [-0.39, 0.29) is 5.56 Å². The molecular formula is C16H12F3N3O2. The van der Waals surface area contributed by atoms with Crippen LogP contribution in [0.1, 0.15) is 15.9 Å². The molecule has 0 unspecified atom stereocenters. The number of alkyl halides is 3. The first-order valence-corrected chi connectivity index (χ1v) is 6.97. The minimum Gasteiger partial charge on any atom is -0.388 e. The predicted molar refractivity (Wildman–Crippen MR) is 80.4 cm³/mol. The van der Waals surface area contributed by atoms with Crippen molar-refractivity contribution in [2.75, 3.05) is 0 Å². The molecule has 2 aromatic heterocycles. The largest absolute Gasteiger partial charge is 0.574 e. The number of benzene rings is 1. The van der Waals surface area contributed by atoms with Gasteiger partial charge in [-0.15, -0.1) is 13.2 Å². The van der Waals surface area contributed by atoms with Crippen LogP contribution in [-0.2, 0) is 6.54 Å². The van der Waals surface area contributed by atoms with Crippen molar-refractivity contribution in [2.45, 2.75) is 12.9 Å². The minimum atomic E-state index is -4.81. The summed E-state index contributed by atoms with van der Waals surface area (Å²) in [7, 11) is 0. The zero-order valence-electron chi connectivity index (χ0n) is 12.2. The second-order valence-electron chi connectivity index (χ2n) is 5.01. The van der Waals surface area contributed by atoms with Crippen LogP contribution in [0.3, 0.4) is 0 Å². The fourth-order valence-electron chi connectivity index (χ4n) is 2.19. The molecule has 0 radical (unpaired) electrons. The van der Waals surface area contributed by atoms with Crippen LogP contribution in [0.2, 0.25) is 0 Å². The van der Waals surface area contributed by atoms with Gasteiger partial charge in [-0.25, -0.2) is 4.98 Å². The summed E-state index contributed by atoms with van der Waals surface area (Å²) in [6.07, 6.45) is -1.96. The Bertz CT molecular complexity index is 857. The van der Waals surface area contributed by atoms with E-state index in [4.69, 9.17) is 0 Å². The number of nitrogens with one attached hydrogen (secondary N) is 2. The number of rotatable bonds is 4. The van der Waals surface area contributed by atoms with Crippen molar-refractivity contribution in [3.63, 3.8) is 0 Å². The minimum absolute atomic E-state index is 0.146. The number of fused-ring (bicyclic) bond motifs is 1. The highest BCUT2D eigenvalue weighted by Crippen LogP contribution is 2.20. The van der Waals surface area contributed by atoms with Gasteiger partial charge >= 0.3 is 6.36 Å². The molecule has 0 fully saturated rings. The Morgan fingerprint density at radius 3 is 2.75 bits per heavy atom. The molecule has 3 aromatic rings. The van der Waals surface area contributed by atoms with E-state index in [9.17, 15) is 18.0 Å². The van der Waals surface area contributed by atoms with Gasteiger partial charge in [0.1, 0.15) is 0 Å². The van der Waals surface area contributed by atoms with E-state index in [2.05, 4.69) is 20.0 Å². The molecule has 5 nitrogen and oxygen atoms in total. The van der Waals surface area contributed by atoms with Crippen LogP contribution in [0.15, 0.2) is 48.8 Å². The maximum atomic E-state index is 12.1. The van der Waals surface area contributed by atoms with Crippen LogP contribution in [0.4, 0.5) is 13.2 Å². The number of aromatic nitrogens is 2. The summed E-state index contributed by atoms with van der Waals surface area (Å²) >= 11 is 0. The van der Waals surface area contributed by atoms with Gasteiger partial charge in [0.25, 0.3) is 5.91 Å². The number of pyridine rings is 1. The molecule has 0 atom stereocenters. The van der Waals surface area contributed by atoms with Gasteiger partial charge in [0.05, 0.1) is 5.56 Å². The van der Waals surface area contributed by atoms with Crippen molar-refractivity contribution in [3.8, 4) is 5.88 Å². The molecule has 0 aliphatic rings. The standard InChI is InChI=1S/C16H12F3N3O2/c17-16(18,19)24-14-4-2-12(9-21-14)15(23)22-8-10-1-3-13-11(7-10)5-6-20-13/h1-7,9,20H,8H2,(H,22,23). The zero-order chi connectivity index (χ0) is 17.2. The first-order chi connectivity index (χ1) is 11.4. The molecule has 1 amide bonds. The summed E-state index contributed by atoms with van der Waals surface area (Å²) in [6.45, 7) is 0.292. The summed E-state index contributed by atoms with van der Waals surface area (Å²) in [5, 5.41) is 3.71. The Balaban J connectivity index is 1.62. The van der Waals surface area contributed by atoms with Crippen molar-refractivity contribution in [3.05, 3.63) is 59.9 Å². The van der Waals surface area contributed by atoms with Gasteiger partial charge in [0.15, 0.2) is 0 Å². The summed E-state index contributed by atoms with van der Waals surface area (Å²) in [6, 6.07) is 9.85. The number of nitrogens with zero attached hydrogens (tertiary/aromatic N) is 1. The number of carbonyl (C=O) groups is 1. The van der Waals surface area contributed by atoms with Gasteiger partial charge < -0.3 is 15.0 Å². The van der Waals surface area contributed by atoms with Crippen molar-refractivity contribution < 1.29 is 22.7 Å². The molecule has 0 saturated heterocycles. The molecule has 0 aliphatic heterocycles. The zero-order valence-corrected chi connectivity index (χ0v) is 12.2. The first kappa shape index (κ1) is 15.9.